The van der Waals surface area contributed by atoms with Gasteiger partial charge in [0.25, 0.3) is 0 Å². The van der Waals surface area contributed by atoms with Crippen LogP contribution in [0.1, 0.15) is 0 Å². The van der Waals surface area contributed by atoms with Gasteiger partial charge in [-0.3, -0.25) is 0 Å². The zero-order valence-corrected chi connectivity index (χ0v) is 55.4. The van der Waals surface area contributed by atoms with E-state index in [1.165, 1.54) is 54.7 Å². The van der Waals surface area contributed by atoms with Crippen molar-refractivity contribution in [1.82, 2.24) is 9.13 Å². The molecule has 0 aliphatic carbocycles. The number of fused-ring (bicyclic) bond motifs is 12. The van der Waals surface area contributed by atoms with Crippen molar-refractivity contribution >= 4 is 122 Å². The number of furan rings is 2. The fraction of sp³-hybridized carbons (Fsp3) is 0. The Balaban J connectivity index is 0.642. The summed E-state index contributed by atoms with van der Waals surface area (Å²) < 4.78 is 17.2. The van der Waals surface area contributed by atoms with Crippen LogP contribution in [0.2, 0.25) is 0 Å². The van der Waals surface area contributed by atoms with Crippen LogP contribution >= 0.6 is 0 Å². The van der Waals surface area contributed by atoms with Gasteiger partial charge in [0.15, 0.2) is 0 Å². The molecule has 0 aliphatic heterocycles. The fourth-order valence-corrected chi connectivity index (χ4v) is 15.5. The topological polar surface area (TPSA) is 42.6 Å². The second-order valence-corrected chi connectivity index (χ2v) is 26.4. The lowest BCUT2D eigenvalue weighted by molar-refractivity contribution is 0.668. The van der Waals surface area contributed by atoms with Crippen LogP contribution in [0.5, 0.6) is 0 Å². The summed E-state index contributed by atoms with van der Waals surface area (Å²) in [5, 5.41) is 9.39. The molecule has 0 N–H and O–H groups in total. The molecule has 0 spiro atoms. The SMILES string of the molecule is c1ccc(-n2c3ccccc3c3cc(-c4ccc(N(c5ccc(-c6ccc(N(c7ccc(-c8ccc9oc%10ccccc%10c9c8)cc7)c7ccc(-c8ccc9oc%10ccccc%10c9c8)cc7)cc6)cc5)c5ccc(-c6ccc7c(c6)c6ccccc6n7-c6ccccc6)cc5)cc4)ccc32)cc1. The Hall–Kier alpha value is -13.7. The van der Waals surface area contributed by atoms with Crippen LogP contribution in [-0.2, 0) is 0 Å². The van der Waals surface area contributed by atoms with Crippen molar-refractivity contribution in [2.24, 2.45) is 0 Å². The predicted octanol–water partition coefficient (Wildman–Crippen LogP) is 27.0. The summed E-state index contributed by atoms with van der Waals surface area (Å²) in [5.41, 5.74) is 28.3. The Morgan fingerprint density at radius 2 is 0.402 bits per heavy atom. The number of nitrogens with zero attached hydrogens (tertiary/aromatic N) is 4. The van der Waals surface area contributed by atoms with Crippen LogP contribution in [0, 0.1) is 0 Å². The van der Waals surface area contributed by atoms with Gasteiger partial charge in [-0.1, -0.05) is 206 Å². The number of hydrogen-bond donors (Lipinski definition) is 0. The van der Waals surface area contributed by atoms with Crippen LogP contribution in [0.15, 0.2) is 385 Å². The summed E-state index contributed by atoms with van der Waals surface area (Å²) in [4.78, 5) is 4.72. The van der Waals surface area contributed by atoms with Gasteiger partial charge in [0.05, 0.1) is 22.1 Å². The molecule has 0 saturated heterocycles. The van der Waals surface area contributed by atoms with Gasteiger partial charge in [-0.2, -0.15) is 0 Å². The van der Waals surface area contributed by atoms with Crippen molar-refractivity contribution in [2.75, 3.05) is 9.80 Å². The first kappa shape index (κ1) is 58.5. The minimum atomic E-state index is 0.888. The number of rotatable bonds is 13. The van der Waals surface area contributed by atoms with Crippen LogP contribution in [0.4, 0.5) is 34.1 Å². The summed E-state index contributed by atoms with van der Waals surface area (Å²) in [7, 11) is 0. The van der Waals surface area contributed by atoms with Crippen molar-refractivity contribution in [3.63, 3.8) is 0 Å². The lowest BCUT2D eigenvalue weighted by atomic mass is 10.0. The molecule has 0 amide bonds. The maximum absolute atomic E-state index is 6.21. The molecule has 102 heavy (non-hydrogen) atoms. The fourth-order valence-electron chi connectivity index (χ4n) is 15.5. The molecule has 4 aromatic heterocycles. The quantitative estimate of drug-likeness (QED) is 0.115. The molecule has 6 nitrogen and oxygen atoms in total. The molecule has 0 unspecified atom stereocenters. The highest BCUT2D eigenvalue weighted by Crippen LogP contribution is 2.44. The van der Waals surface area contributed by atoms with Gasteiger partial charge in [0, 0.05) is 88.6 Å². The third kappa shape index (κ3) is 10.0. The number of benzene rings is 16. The molecule has 4 heterocycles. The van der Waals surface area contributed by atoms with Gasteiger partial charge in [-0.05, 0) is 225 Å². The maximum atomic E-state index is 6.21. The van der Waals surface area contributed by atoms with Gasteiger partial charge in [0.2, 0.25) is 0 Å². The molecule has 0 fully saturated rings. The number of para-hydroxylation sites is 6. The molecule has 0 radical (unpaired) electrons. The summed E-state index contributed by atoms with van der Waals surface area (Å²) in [6.45, 7) is 0. The Labute approximate surface area is 588 Å². The number of aromatic nitrogens is 2. The second kappa shape index (κ2) is 24.1. The molecule has 20 aromatic rings. The van der Waals surface area contributed by atoms with E-state index in [1.54, 1.807) is 0 Å². The first-order valence-electron chi connectivity index (χ1n) is 34.8. The number of anilines is 6. The van der Waals surface area contributed by atoms with Gasteiger partial charge in [-0.15, -0.1) is 0 Å². The minimum Gasteiger partial charge on any atom is -0.456 e. The van der Waals surface area contributed by atoms with Crippen molar-refractivity contribution in [3.05, 3.63) is 376 Å². The Bertz CT molecular complexity index is 6210. The van der Waals surface area contributed by atoms with Gasteiger partial charge in [0.1, 0.15) is 22.3 Å². The van der Waals surface area contributed by atoms with Crippen molar-refractivity contribution in [1.29, 1.82) is 0 Å². The summed E-state index contributed by atoms with van der Waals surface area (Å²) >= 11 is 0. The molecule has 0 bridgehead atoms. The predicted molar refractivity (Wildman–Crippen MR) is 426 cm³/mol. The van der Waals surface area contributed by atoms with E-state index in [-0.39, 0.29) is 0 Å². The van der Waals surface area contributed by atoms with E-state index in [1.807, 2.05) is 24.3 Å². The third-order valence-corrected chi connectivity index (χ3v) is 20.5. The van der Waals surface area contributed by atoms with E-state index in [9.17, 15) is 0 Å². The van der Waals surface area contributed by atoms with Gasteiger partial charge >= 0.3 is 0 Å². The monoisotopic (exact) mass is 1300 g/mol. The molecule has 478 valence electrons. The standard InChI is InChI=1S/C96H62N4O2/c1-3-15-73(16-4-1)99-89-23-11-7-19-81(89)85-59-69(39-55-91(85)99)65-31-47-77(48-32-65)97(78-49-33-66(34-50-78)70-40-56-92-86(60-70)82-20-8-12-24-90(82)100(92)74-17-5-2-6-18-74)75-43-27-63(28-44-75)64-29-45-76(46-30-64)98(79-51-35-67(36-52-79)71-41-57-95-87(61-71)83-21-9-13-25-93(83)101-95)80-53-37-68(38-54-80)72-42-58-96-88(62-72)84-22-10-14-26-94(84)102-96/h1-62H. The molecule has 0 saturated carbocycles. The minimum absolute atomic E-state index is 0.888. The lowest BCUT2D eigenvalue weighted by Crippen LogP contribution is -2.10. The zero-order valence-electron chi connectivity index (χ0n) is 55.4. The lowest BCUT2D eigenvalue weighted by Gasteiger charge is -2.27. The van der Waals surface area contributed by atoms with Crippen molar-refractivity contribution in [3.8, 4) is 67.0 Å². The average Bonchev–Trinajstić information content (AvgIpc) is 1.24. The number of hydrogen-bond acceptors (Lipinski definition) is 4. The van der Waals surface area contributed by atoms with E-state index < -0.39 is 0 Å². The first-order valence-corrected chi connectivity index (χ1v) is 34.8. The van der Waals surface area contributed by atoms with Crippen LogP contribution in [0.25, 0.3) is 154 Å². The second-order valence-electron chi connectivity index (χ2n) is 26.4. The highest BCUT2D eigenvalue weighted by Gasteiger charge is 2.21. The highest BCUT2D eigenvalue weighted by molar-refractivity contribution is 6.13. The van der Waals surface area contributed by atoms with E-state index in [0.29, 0.717) is 0 Å². The zero-order chi connectivity index (χ0) is 67.2. The molecule has 6 heteroatoms. The molecule has 16 aromatic carbocycles. The first-order chi connectivity index (χ1) is 50.5. The van der Waals surface area contributed by atoms with Crippen LogP contribution in [0.3, 0.4) is 0 Å². The van der Waals surface area contributed by atoms with Gasteiger partial charge < -0.3 is 27.8 Å². The van der Waals surface area contributed by atoms with Crippen LogP contribution < -0.4 is 9.80 Å². The Kier molecular flexibility index (Phi) is 13.8. The van der Waals surface area contributed by atoms with Crippen molar-refractivity contribution in [2.45, 2.75) is 0 Å². The molecular formula is C96H62N4O2. The Morgan fingerprint density at radius 1 is 0.167 bits per heavy atom. The largest absolute Gasteiger partial charge is 0.456 e. The van der Waals surface area contributed by atoms with Crippen molar-refractivity contribution < 1.29 is 8.83 Å². The average molecular weight is 1300 g/mol. The van der Waals surface area contributed by atoms with E-state index in [2.05, 4.69) is 371 Å². The van der Waals surface area contributed by atoms with Crippen LogP contribution in [-0.4, -0.2) is 9.13 Å². The van der Waals surface area contributed by atoms with Gasteiger partial charge in [-0.25, -0.2) is 0 Å². The smallest absolute Gasteiger partial charge is 0.135 e. The Morgan fingerprint density at radius 3 is 0.735 bits per heavy atom. The summed E-state index contributed by atoms with van der Waals surface area (Å²) in [6.07, 6.45) is 0. The third-order valence-electron chi connectivity index (χ3n) is 20.5. The molecule has 20 rings (SSSR count). The highest BCUT2D eigenvalue weighted by atomic mass is 16.3. The van der Waals surface area contributed by atoms with E-state index >= 15 is 0 Å². The summed E-state index contributed by atoms with van der Waals surface area (Å²) in [5.74, 6) is 0. The van der Waals surface area contributed by atoms with E-state index in [0.717, 1.165) is 134 Å². The summed E-state index contributed by atoms with van der Waals surface area (Å²) in [6, 6.07) is 136. The molecule has 0 atom stereocenters. The maximum Gasteiger partial charge on any atom is 0.135 e. The van der Waals surface area contributed by atoms with E-state index in [4.69, 9.17) is 8.83 Å². The molecular weight excluding hydrogens is 1240 g/mol. The normalized spacial score (nSPS) is 11.7. The molecule has 0 aliphatic rings.